The molecule has 1 aromatic heterocycles. The summed E-state index contributed by atoms with van der Waals surface area (Å²) in [5.74, 6) is 0. The third kappa shape index (κ3) is 2.44. The minimum atomic E-state index is -0.320. The first-order valence-corrected chi connectivity index (χ1v) is 4.07. The molecule has 0 atom stereocenters. The minimum absolute atomic E-state index is 0.0760. The molecule has 0 saturated carbocycles. The molecule has 0 aliphatic carbocycles. The Morgan fingerprint density at radius 3 is 2.91 bits per heavy atom. The smallest absolute Gasteiger partial charge is 0.202 e. The van der Waals surface area contributed by atoms with Gasteiger partial charge in [0.15, 0.2) is 0 Å². The maximum atomic E-state index is 8.89. The molecule has 0 radical (unpaired) electrons. The molecule has 0 aromatic carbocycles. The van der Waals surface area contributed by atoms with E-state index in [9.17, 15) is 0 Å². The van der Waals surface area contributed by atoms with E-state index in [1.54, 1.807) is 0 Å². The standard InChI is InChI=1S/C6H11N3OS/c1-6(2,3-10)9-5-7-4-8-11-5/h4,10H,3H2,1-2H3,(H,7,8,9). The van der Waals surface area contributed by atoms with Gasteiger partial charge in [0.2, 0.25) is 5.13 Å². The summed E-state index contributed by atoms with van der Waals surface area (Å²) in [6.07, 6.45) is 1.49. The summed E-state index contributed by atoms with van der Waals surface area (Å²) in [5, 5.41) is 12.7. The molecule has 0 fully saturated rings. The van der Waals surface area contributed by atoms with Gasteiger partial charge in [-0.2, -0.15) is 4.37 Å². The zero-order valence-electron chi connectivity index (χ0n) is 6.53. The average molecular weight is 173 g/mol. The van der Waals surface area contributed by atoms with Crippen LogP contribution in [0.4, 0.5) is 5.13 Å². The Kier molecular flexibility index (Phi) is 2.41. The molecule has 0 bridgehead atoms. The highest BCUT2D eigenvalue weighted by molar-refractivity contribution is 7.09. The molecule has 1 aromatic rings. The van der Waals surface area contributed by atoms with E-state index >= 15 is 0 Å². The van der Waals surface area contributed by atoms with Crippen molar-refractivity contribution in [2.75, 3.05) is 11.9 Å². The van der Waals surface area contributed by atoms with Crippen LogP contribution in [0.15, 0.2) is 6.33 Å². The van der Waals surface area contributed by atoms with Crippen molar-refractivity contribution >= 4 is 16.7 Å². The van der Waals surface area contributed by atoms with E-state index < -0.39 is 0 Å². The van der Waals surface area contributed by atoms with Gasteiger partial charge < -0.3 is 10.4 Å². The molecule has 4 nitrogen and oxygen atoms in total. The number of aliphatic hydroxyl groups excluding tert-OH is 1. The number of nitrogens with zero attached hydrogens (tertiary/aromatic N) is 2. The number of rotatable bonds is 3. The zero-order valence-corrected chi connectivity index (χ0v) is 7.35. The van der Waals surface area contributed by atoms with Crippen LogP contribution in [-0.4, -0.2) is 26.6 Å². The monoisotopic (exact) mass is 173 g/mol. The zero-order chi connectivity index (χ0) is 8.32. The van der Waals surface area contributed by atoms with Crippen LogP contribution >= 0.6 is 11.5 Å². The molecule has 0 aliphatic heterocycles. The normalized spacial score (nSPS) is 11.5. The molecular formula is C6H11N3OS. The minimum Gasteiger partial charge on any atom is -0.394 e. The topological polar surface area (TPSA) is 58.0 Å². The van der Waals surface area contributed by atoms with Crippen LogP contribution in [0, 0.1) is 0 Å². The van der Waals surface area contributed by atoms with Crippen molar-refractivity contribution in [2.45, 2.75) is 19.4 Å². The maximum Gasteiger partial charge on any atom is 0.202 e. The summed E-state index contributed by atoms with van der Waals surface area (Å²) >= 11 is 1.28. The summed E-state index contributed by atoms with van der Waals surface area (Å²) in [7, 11) is 0. The van der Waals surface area contributed by atoms with Crippen molar-refractivity contribution in [3.8, 4) is 0 Å². The molecule has 1 heterocycles. The van der Waals surface area contributed by atoms with Crippen LogP contribution in [0.1, 0.15) is 13.8 Å². The van der Waals surface area contributed by atoms with Crippen molar-refractivity contribution in [3.63, 3.8) is 0 Å². The van der Waals surface area contributed by atoms with Gasteiger partial charge >= 0.3 is 0 Å². The second kappa shape index (κ2) is 3.15. The van der Waals surface area contributed by atoms with E-state index in [4.69, 9.17) is 5.11 Å². The van der Waals surface area contributed by atoms with Gasteiger partial charge in [0.25, 0.3) is 0 Å². The lowest BCUT2D eigenvalue weighted by Gasteiger charge is -2.22. The number of aromatic nitrogens is 2. The number of hydrogen-bond donors (Lipinski definition) is 2. The summed E-state index contributed by atoms with van der Waals surface area (Å²) < 4.78 is 3.83. The predicted molar refractivity (Wildman–Crippen MR) is 44.7 cm³/mol. The first-order chi connectivity index (χ1) is 5.14. The number of nitrogens with one attached hydrogen (secondary N) is 1. The van der Waals surface area contributed by atoms with Crippen LogP contribution in [0.5, 0.6) is 0 Å². The second-order valence-electron chi connectivity index (χ2n) is 2.91. The summed E-state index contributed by atoms with van der Waals surface area (Å²) in [6, 6.07) is 0. The summed E-state index contributed by atoms with van der Waals surface area (Å²) in [5.41, 5.74) is -0.320. The van der Waals surface area contributed by atoms with Gasteiger partial charge in [-0.05, 0) is 13.8 Å². The molecular weight excluding hydrogens is 162 g/mol. The van der Waals surface area contributed by atoms with Crippen LogP contribution in [-0.2, 0) is 0 Å². The quantitative estimate of drug-likeness (QED) is 0.707. The molecule has 0 unspecified atom stereocenters. The van der Waals surface area contributed by atoms with Crippen molar-refractivity contribution in [1.29, 1.82) is 0 Å². The molecule has 5 heteroatoms. The largest absolute Gasteiger partial charge is 0.394 e. The lowest BCUT2D eigenvalue weighted by Crippen LogP contribution is -2.34. The fourth-order valence-corrected chi connectivity index (χ4v) is 1.17. The Morgan fingerprint density at radius 2 is 2.45 bits per heavy atom. The summed E-state index contributed by atoms with van der Waals surface area (Å²) in [6.45, 7) is 3.87. The van der Waals surface area contributed by atoms with Gasteiger partial charge in [0, 0.05) is 11.5 Å². The highest BCUT2D eigenvalue weighted by atomic mass is 32.1. The first-order valence-electron chi connectivity index (χ1n) is 3.30. The van der Waals surface area contributed by atoms with Gasteiger partial charge in [-0.1, -0.05) is 0 Å². The third-order valence-corrected chi connectivity index (χ3v) is 1.78. The van der Waals surface area contributed by atoms with Gasteiger partial charge in [0.1, 0.15) is 6.33 Å². The maximum absolute atomic E-state index is 8.89. The Hall–Kier alpha value is -0.680. The Morgan fingerprint density at radius 1 is 1.73 bits per heavy atom. The van der Waals surface area contributed by atoms with Gasteiger partial charge in [0.05, 0.1) is 12.1 Å². The number of anilines is 1. The van der Waals surface area contributed by atoms with Crippen molar-refractivity contribution < 1.29 is 5.11 Å². The SMILES string of the molecule is CC(C)(CO)Nc1ncns1. The second-order valence-corrected chi connectivity index (χ2v) is 3.69. The van der Waals surface area contributed by atoms with Crippen LogP contribution in [0.25, 0.3) is 0 Å². The molecule has 0 aliphatic rings. The van der Waals surface area contributed by atoms with E-state index in [0.717, 1.165) is 5.13 Å². The highest BCUT2D eigenvalue weighted by Gasteiger charge is 2.16. The van der Waals surface area contributed by atoms with E-state index in [-0.39, 0.29) is 12.1 Å². The van der Waals surface area contributed by atoms with Crippen molar-refractivity contribution in [3.05, 3.63) is 6.33 Å². The van der Waals surface area contributed by atoms with E-state index in [2.05, 4.69) is 14.7 Å². The molecule has 0 spiro atoms. The molecule has 11 heavy (non-hydrogen) atoms. The fourth-order valence-electron chi connectivity index (χ4n) is 0.557. The lowest BCUT2D eigenvalue weighted by atomic mass is 10.1. The predicted octanol–water partition coefficient (Wildman–Crippen LogP) is 0.721. The third-order valence-electron chi connectivity index (χ3n) is 1.20. The van der Waals surface area contributed by atoms with Crippen LogP contribution < -0.4 is 5.32 Å². The van der Waals surface area contributed by atoms with E-state index in [0.29, 0.717) is 0 Å². The Bertz CT molecular complexity index is 210. The van der Waals surface area contributed by atoms with Crippen LogP contribution in [0.3, 0.4) is 0 Å². The number of aliphatic hydroxyl groups is 1. The van der Waals surface area contributed by atoms with Gasteiger partial charge in [-0.3, -0.25) is 0 Å². The Balaban J connectivity index is 2.56. The Labute approximate surface area is 69.5 Å². The molecule has 62 valence electrons. The summed E-state index contributed by atoms with van der Waals surface area (Å²) in [4.78, 5) is 3.93. The van der Waals surface area contributed by atoms with Gasteiger partial charge in [-0.15, -0.1) is 0 Å². The lowest BCUT2D eigenvalue weighted by molar-refractivity contribution is 0.234. The van der Waals surface area contributed by atoms with Crippen molar-refractivity contribution in [2.24, 2.45) is 0 Å². The molecule has 0 saturated heterocycles. The fraction of sp³-hybridized carbons (Fsp3) is 0.667. The molecule has 1 rings (SSSR count). The van der Waals surface area contributed by atoms with Crippen molar-refractivity contribution in [1.82, 2.24) is 9.36 Å². The number of hydrogen-bond acceptors (Lipinski definition) is 5. The van der Waals surface area contributed by atoms with Gasteiger partial charge in [-0.25, -0.2) is 4.98 Å². The van der Waals surface area contributed by atoms with Crippen LogP contribution in [0.2, 0.25) is 0 Å². The highest BCUT2D eigenvalue weighted by Crippen LogP contribution is 2.14. The molecule has 2 N–H and O–H groups in total. The van der Waals surface area contributed by atoms with E-state index in [1.807, 2.05) is 13.8 Å². The van der Waals surface area contributed by atoms with E-state index in [1.165, 1.54) is 17.9 Å². The average Bonchev–Trinajstić information content (AvgIpc) is 2.39. The first kappa shape index (κ1) is 8.42. The molecule has 0 amide bonds.